The van der Waals surface area contributed by atoms with Crippen LogP contribution in [0.15, 0.2) is 0 Å². The van der Waals surface area contributed by atoms with Gasteiger partial charge >= 0.3 is 12.0 Å². The van der Waals surface area contributed by atoms with Crippen molar-refractivity contribution in [3.63, 3.8) is 0 Å². The van der Waals surface area contributed by atoms with Crippen LogP contribution in [0.4, 0.5) is 4.79 Å². The molecule has 0 aliphatic heterocycles. The summed E-state index contributed by atoms with van der Waals surface area (Å²) in [4.78, 5) is 22.6. The Morgan fingerprint density at radius 1 is 1.42 bits per heavy atom. The Hall–Kier alpha value is -1.30. The number of carboxylic acid groups (broad SMARTS) is 1. The highest BCUT2D eigenvalue weighted by Crippen LogP contribution is 2.42. The first-order chi connectivity index (χ1) is 8.82. The van der Waals surface area contributed by atoms with Crippen LogP contribution in [-0.2, 0) is 9.53 Å². The van der Waals surface area contributed by atoms with Gasteiger partial charge in [0.1, 0.15) is 6.04 Å². The Morgan fingerprint density at radius 2 is 2.05 bits per heavy atom. The Balaban J connectivity index is 2.44. The standard InChI is InChI=1S/C13H24N2O4/c1-5-8(11(16)17)14-12(18)15-9-7-10(19-6-2)13(9,3)4/h8-10H,5-7H2,1-4H3,(H,16,17)(H2,14,15,18)/t8-,9?,10?/m1/s1. The van der Waals surface area contributed by atoms with E-state index in [0.717, 1.165) is 6.42 Å². The molecule has 0 spiro atoms. The largest absolute Gasteiger partial charge is 0.480 e. The van der Waals surface area contributed by atoms with Crippen molar-refractivity contribution in [2.45, 2.75) is 58.7 Å². The fourth-order valence-electron chi connectivity index (χ4n) is 2.31. The van der Waals surface area contributed by atoms with Gasteiger partial charge in [0.2, 0.25) is 0 Å². The highest BCUT2D eigenvalue weighted by molar-refractivity contribution is 5.82. The molecule has 0 saturated heterocycles. The topological polar surface area (TPSA) is 87.7 Å². The molecule has 1 saturated carbocycles. The van der Waals surface area contributed by atoms with Gasteiger partial charge in [-0.2, -0.15) is 0 Å². The first-order valence-corrected chi connectivity index (χ1v) is 6.74. The summed E-state index contributed by atoms with van der Waals surface area (Å²) in [6, 6.07) is -1.26. The van der Waals surface area contributed by atoms with Crippen LogP contribution >= 0.6 is 0 Å². The maximum absolute atomic E-state index is 11.7. The van der Waals surface area contributed by atoms with Crippen molar-refractivity contribution in [3.8, 4) is 0 Å². The molecule has 6 heteroatoms. The predicted molar refractivity (Wildman–Crippen MR) is 71.0 cm³/mol. The summed E-state index contributed by atoms with van der Waals surface area (Å²) in [6.45, 7) is 8.40. The van der Waals surface area contributed by atoms with Crippen molar-refractivity contribution in [2.75, 3.05) is 6.61 Å². The van der Waals surface area contributed by atoms with Crippen molar-refractivity contribution < 1.29 is 19.4 Å². The van der Waals surface area contributed by atoms with Crippen LogP contribution < -0.4 is 10.6 Å². The van der Waals surface area contributed by atoms with Gasteiger partial charge in [-0.15, -0.1) is 0 Å². The summed E-state index contributed by atoms with van der Waals surface area (Å²) in [6.07, 6.45) is 1.26. The minimum absolute atomic E-state index is 0.00958. The first-order valence-electron chi connectivity index (χ1n) is 6.74. The molecule has 0 radical (unpaired) electrons. The lowest BCUT2D eigenvalue weighted by Crippen LogP contribution is -2.64. The number of hydrogen-bond donors (Lipinski definition) is 3. The lowest BCUT2D eigenvalue weighted by atomic mass is 9.64. The van der Waals surface area contributed by atoms with Crippen molar-refractivity contribution in [1.29, 1.82) is 0 Å². The fourth-order valence-corrected chi connectivity index (χ4v) is 2.31. The quantitative estimate of drug-likeness (QED) is 0.681. The van der Waals surface area contributed by atoms with Crippen LogP contribution in [0.2, 0.25) is 0 Å². The van der Waals surface area contributed by atoms with E-state index in [-0.39, 0.29) is 17.6 Å². The molecule has 1 aliphatic carbocycles. The summed E-state index contributed by atoms with van der Waals surface area (Å²) < 4.78 is 5.58. The Morgan fingerprint density at radius 3 is 2.47 bits per heavy atom. The highest BCUT2D eigenvalue weighted by atomic mass is 16.5. The summed E-state index contributed by atoms with van der Waals surface area (Å²) in [5.74, 6) is -1.02. The van der Waals surface area contributed by atoms with Gasteiger partial charge in [0.25, 0.3) is 0 Å². The van der Waals surface area contributed by atoms with Gasteiger partial charge in [-0.1, -0.05) is 20.8 Å². The van der Waals surface area contributed by atoms with E-state index in [1.807, 2.05) is 20.8 Å². The maximum atomic E-state index is 11.7. The van der Waals surface area contributed by atoms with E-state index in [9.17, 15) is 9.59 Å². The Kier molecular flexibility index (Phi) is 5.17. The number of hydrogen-bond acceptors (Lipinski definition) is 3. The minimum Gasteiger partial charge on any atom is -0.480 e. The lowest BCUT2D eigenvalue weighted by Gasteiger charge is -2.51. The third-order valence-electron chi connectivity index (χ3n) is 3.86. The van der Waals surface area contributed by atoms with Gasteiger partial charge < -0.3 is 20.5 Å². The third-order valence-corrected chi connectivity index (χ3v) is 3.86. The number of ether oxygens (including phenoxy) is 1. The van der Waals surface area contributed by atoms with Gasteiger partial charge in [0.15, 0.2) is 0 Å². The average Bonchev–Trinajstić information content (AvgIpc) is 2.34. The number of rotatable bonds is 6. The molecule has 2 unspecified atom stereocenters. The summed E-state index contributed by atoms with van der Waals surface area (Å²) >= 11 is 0. The van der Waals surface area contributed by atoms with Crippen LogP contribution in [0, 0.1) is 5.41 Å². The monoisotopic (exact) mass is 272 g/mol. The smallest absolute Gasteiger partial charge is 0.326 e. The molecule has 110 valence electrons. The van der Waals surface area contributed by atoms with E-state index in [4.69, 9.17) is 9.84 Å². The number of aliphatic carboxylic acids is 1. The highest BCUT2D eigenvalue weighted by Gasteiger charge is 2.49. The summed E-state index contributed by atoms with van der Waals surface area (Å²) in [7, 11) is 0. The van der Waals surface area contributed by atoms with Gasteiger partial charge in [0.05, 0.1) is 6.10 Å². The van der Waals surface area contributed by atoms with Crippen molar-refractivity contribution >= 4 is 12.0 Å². The third kappa shape index (κ3) is 3.59. The zero-order chi connectivity index (χ0) is 14.6. The molecule has 0 bridgehead atoms. The number of amides is 2. The second-order valence-corrected chi connectivity index (χ2v) is 5.47. The predicted octanol–water partition coefficient (Wildman–Crippen LogP) is 1.35. The molecule has 0 aromatic carbocycles. The second kappa shape index (κ2) is 6.23. The van der Waals surface area contributed by atoms with E-state index in [1.54, 1.807) is 6.92 Å². The van der Waals surface area contributed by atoms with Crippen LogP contribution in [0.1, 0.15) is 40.5 Å². The number of nitrogens with one attached hydrogen (secondary N) is 2. The molecule has 0 heterocycles. The number of urea groups is 1. The molecule has 1 rings (SSSR count). The molecular formula is C13H24N2O4. The van der Waals surface area contributed by atoms with Gasteiger partial charge in [-0.25, -0.2) is 9.59 Å². The zero-order valence-corrected chi connectivity index (χ0v) is 12.0. The average molecular weight is 272 g/mol. The van der Waals surface area contributed by atoms with Gasteiger partial charge in [-0.3, -0.25) is 0 Å². The molecule has 0 aromatic rings. The molecule has 19 heavy (non-hydrogen) atoms. The molecule has 6 nitrogen and oxygen atoms in total. The maximum Gasteiger partial charge on any atom is 0.326 e. The van der Waals surface area contributed by atoms with Gasteiger partial charge in [-0.05, 0) is 19.8 Å². The van der Waals surface area contributed by atoms with E-state index in [2.05, 4.69) is 10.6 Å². The molecule has 1 aliphatic rings. The molecule has 1 fully saturated rings. The van der Waals surface area contributed by atoms with Crippen molar-refractivity contribution in [3.05, 3.63) is 0 Å². The molecular weight excluding hydrogens is 248 g/mol. The zero-order valence-electron chi connectivity index (χ0n) is 12.0. The number of carbonyl (C=O) groups is 2. The van der Waals surface area contributed by atoms with Crippen LogP contribution in [-0.4, -0.2) is 41.9 Å². The lowest BCUT2D eigenvalue weighted by molar-refractivity contribution is -0.139. The number of carbonyl (C=O) groups excluding carboxylic acids is 1. The van der Waals surface area contributed by atoms with E-state index >= 15 is 0 Å². The SMILES string of the molecule is CCOC1CC(NC(=O)N[C@H](CC)C(=O)O)C1(C)C. The molecule has 3 atom stereocenters. The number of carboxylic acids is 1. The van der Waals surface area contributed by atoms with Crippen molar-refractivity contribution in [2.24, 2.45) is 5.41 Å². The molecule has 2 amide bonds. The van der Waals surface area contributed by atoms with Crippen LogP contribution in [0.5, 0.6) is 0 Å². The minimum atomic E-state index is -1.02. The van der Waals surface area contributed by atoms with Crippen molar-refractivity contribution in [1.82, 2.24) is 10.6 Å². The van der Waals surface area contributed by atoms with E-state index in [1.165, 1.54) is 0 Å². The molecule has 3 N–H and O–H groups in total. The van der Waals surface area contributed by atoms with E-state index < -0.39 is 18.0 Å². The Bertz CT molecular complexity index is 344. The van der Waals surface area contributed by atoms with Crippen LogP contribution in [0.25, 0.3) is 0 Å². The summed E-state index contributed by atoms with van der Waals surface area (Å²) in [5, 5.41) is 14.2. The second-order valence-electron chi connectivity index (χ2n) is 5.47. The van der Waals surface area contributed by atoms with E-state index in [0.29, 0.717) is 13.0 Å². The summed E-state index contributed by atoms with van der Waals surface area (Å²) in [5.41, 5.74) is -0.127. The normalized spacial score (nSPS) is 26.1. The fraction of sp³-hybridized carbons (Fsp3) is 0.846. The van der Waals surface area contributed by atoms with Crippen LogP contribution in [0.3, 0.4) is 0 Å². The first kappa shape index (κ1) is 15.8. The molecule has 0 aromatic heterocycles. The van der Waals surface area contributed by atoms with Gasteiger partial charge in [0, 0.05) is 18.1 Å². The Labute approximate surface area is 113 Å².